The second-order valence-electron chi connectivity index (χ2n) is 3.61. The van der Waals surface area contributed by atoms with E-state index in [1.54, 1.807) is 0 Å². The third kappa shape index (κ3) is 2.58. The smallest absolute Gasteiger partial charge is 0.416 e. The summed E-state index contributed by atoms with van der Waals surface area (Å²) in [4.78, 5) is 11.3. The van der Waals surface area contributed by atoms with E-state index >= 15 is 0 Å². The summed E-state index contributed by atoms with van der Waals surface area (Å²) in [7, 11) is 0.993. The van der Waals surface area contributed by atoms with Crippen LogP contribution in [0.4, 0.5) is 13.2 Å². The van der Waals surface area contributed by atoms with Gasteiger partial charge in [0, 0.05) is 5.56 Å². The predicted molar refractivity (Wildman–Crippen MR) is 53.0 cm³/mol. The summed E-state index contributed by atoms with van der Waals surface area (Å²) < 4.78 is 42.3. The van der Waals surface area contributed by atoms with Crippen LogP contribution in [-0.2, 0) is 21.3 Å². The number of aliphatic hydroxyl groups is 1. The minimum Gasteiger partial charge on any atom is -0.467 e. The maximum Gasteiger partial charge on any atom is 0.416 e. The molecule has 1 unspecified atom stereocenters. The van der Waals surface area contributed by atoms with E-state index in [4.69, 9.17) is 0 Å². The lowest BCUT2D eigenvalue weighted by Crippen LogP contribution is -2.35. The fourth-order valence-corrected chi connectivity index (χ4v) is 1.46. The number of halogens is 3. The average Bonchev–Trinajstić information content (AvgIpc) is 2.26. The summed E-state index contributed by atoms with van der Waals surface area (Å²) in [5.74, 6) is -1.14. The van der Waals surface area contributed by atoms with Crippen molar-refractivity contribution in [2.24, 2.45) is 0 Å². The van der Waals surface area contributed by atoms with E-state index < -0.39 is 28.9 Å². The lowest BCUT2D eigenvalue weighted by Gasteiger charge is -2.24. The molecule has 0 radical (unpaired) electrons. The molecule has 1 rings (SSSR count). The van der Waals surface area contributed by atoms with Crippen molar-refractivity contribution in [3.05, 3.63) is 35.4 Å². The Labute approximate surface area is 95.8 Å². The Hall–Kier alpha value is -1.56. The molecule has 0 aliphatic heterocycles. The van der Waals surface area contributed by atoms with Gasteiger partial charge in [0.15, 0.2) is 5.60 Å². The average molecular weight is 248 g/mol. The van der Waals surface area contributed by atoms with Gasteiger partial charge in [0.1, 0.15) is 0 Å². The van der Waals surface area contributed by atoms with E-state index in [1.165, 1.54) is 12.1 Å². The number of ether oxygens (including phenoxy) is 1. The molecule has 6 heteroatoms. The van der Waals surface area contributed by atoms with Gasteiger partial charge in [-0.3, -0.25) is 0 Å². The molecule has 1 aromatic rings. The first-order chi connectivity index (χ1) is 7.71. The third-order valence-electron chi connectivity index (χ3n) is 2.34. The number of methoxy groups -OCH3 is 1. The number of esters is 1. The normalized spacial score (nSPS) is 15.2. The highest BCUT2D eigenvalue weighted by molar-refractivity contribution is 5.81. The maximum atomic E-state index is 12.7. The fraction of sp³-hybridized carbons (Fsp3) is 0.364. The molecule has 17 heavy (non-hydrogen) atoms. The molecular weight excluding hydrogens is 237 g/mol. The van der Waals surface area contributed by atoms with Crippen molar-refractivity contribution in [2.75, 3.05) is 7.11 Å². The van der Waals surface area contributed by atoms with Gasteiger partial charge < -0.3 is 9.84 Å². The Balaban J connectivity index is 3.37. The van der Waals surface area contributed by atoms with Crippen molar-refractivity contribution >= 4 is 5.97 Å². The summed E-state index contributed by atoms with van der Waals surface area (Å²) in [6.07, 6.45) is -4.64. The lowest BCUT2D eigenvalue weighted by molar-refractivity contribution is -0.163. The summed E-state index contributed by atoms with van der Waals surface area (Å²) in [6, 6.07) is 4.33. The van der Waals surface area contributed by atoms with Crippen LogP contribution in [-0.4, -0.2) is 18.2 Å². The van der Waals surface area contributed by atoms with Gasteiger partial charge in [-0.15, -0.1) is 0 Å². The molecule has 0 bridgehead atoms. The predicted octanol–water partition coefficient (Wildman–Crippen LogP) is 2.09. The number of hydrogen-bond acceptors (Lipinski definition) is 3. The Morgan fingerprint density at radius 2 is 1.71 bits per heavy atom. The molecule has 0 saturated heterocycles. The van der Waals surface area contributed by atoms with E-state index in [2.05, 4.69) is 4.74 Å². The zero-order valence-electron chi connectivity index (χ0n) is 9.21. The Morgan fingerprint density at radius 1 is 1.24 bits per heavy atom. The number of hydrogen-bond donors (Lipinski definition) is 1. The standard InChI is InChI=1S/C11H11F3O3/c1-10(16,9(15)17-2)7-5-3-4-6-8(7)11(12,13)14/h3-6,16H,1-2H3. The van der Waals surface area contributed by atoms with E-state index in [1.807, 2.05) is 0 Å². The van der Waals surface area contributed by atoms with Crippen LogP contribution in [0.1, 0.15) is 18.1 Å². The monoisotopic (exact) mass is 248 g/mol. The molecule has 0 aliphatic rings. The molecule has 3 nitrogen and oxygen atoms in total. The molecule has 0 heterocycles. The minimum absolute atomic E-state index is 0.528. The van der Waals surface area contributed by atoms with Crippen molar-refractivity contribution in [3.63, 3.8) is 0 Å². The molecule has 1 N–H and O–H groups in total. The number of carbonyl (C=O) groups excluding carboxylic acids is 1. The van der Waals surface area contributed by atoms with Gasteiger partial charge in [0.05, 0.1) is 12.7 Å². The van der Waals surface area contributed by atoms with Gasteiger partial charge in [0.25, 0.3) is 0 Å². The number of alkyl halides is 3. The first-order valence-electron chi connectivity index (χ1n) is 4.68. The topological polar surface area (TPSA) is 46.5 Å². The largest absolute Gasteiger partial charge is 0.467 e. The number of carbonyl (C=O) groups is 1. The van der Waals surface area contributed by atoms with Crippen LogP contribution in [0, 0.1) is 0 Å². The zero-order valence-corrected chi connectivity index (χ0v) is 9.21. The summed E-state index contributed by atoms with van der Waals surface area (Å²) >= 11 is 0. The third-order valence-corrected chi connectivity index (χ3v) is 2.34. The minimum atomic E-state index is -4.64. The molecule has 0 spiro atoms. The van der Waals surface area contributed by atoms with Gasteiger partial charge in [-0.2, -0.15) is 13.2 Å². The molecular formula is C11H11F3O3. The SMILES string of the molecule is COC(=O)C(C)(O)c1ccccc1C(F)(F)F. The molecule has 0 saturated carbocycles. The van der Waals surface area contributed by atoms with Crippen LogP contribution in [0.25, 0.3) is 0 Å². The number of rotatable bonds is 2. The lowest BCUT2D eigenvalue weighted by atomic mass is 9.91. The Kier molecular flexibility index (Phi) is 3.47. The summed E-state index contributed by atoms with van der Waals surface area (Å²) in [5.41, 5.74) is -3.92. The Bertz CT molecular complexity index is 424. The van der Waals surface area contributed by atoms with E-state index in [9.17, 15) is 23.1 Å². The first-order valence-corrected chi connectivity index (χ1v) is 4.68. The van der Waals surface area contributed by atoms with Crippen LogP contribution < -0.4 is 0 Å². The first kappa shape index (κ1) is 13.5. The molecule has 94 valence electrons. The molecule has 0 aliphatic carbocycles. The van der Waals surface area contributed by atoms with Crippen LogP contribution in [0.15, 0.2) is 24.3 Å². The van der Waals surface area contributed by atoms with E-state index in [0.717, 1.165) is 26.2 Å². The summed E-state index contributed by atoms with van der Waals surface area (Å²) in [5, 5.41) is 9.82. The maximum absolute atomic E-state index is 12.7. The highest BCUT2D eigenvalue weighted by atomic mass is 19.4. The zero-order chi connectivity index (χ0) is 13.3. The molecule has 1 atom stereocenters. The molecule has 0 aromatic heterocycles. The van der Waals surface area contributed by atoms with Crippen LogP contribution in [0.3, 0.4) is 0 Å². The second kappa shape index (κ2) is 4.37. The van der Waals surface area contributed by atoms with E-state index in [-0.39, 0.29) is 0 Å². The van der Waals surface area contributed by atoms with Crippen molar-refractivity contribution in [2.45, 2.75) is 18.7 Å². The van der Waals surface area contributed by atoms with Crippen LogP contribution >= 0.6 is 0 Å². The highest BCUT2D eigenvalue weighted by Crippen LogP contribution is 2.36. The fourth-order valence-electron chi connectivity index (χ4n) is 1.46. The van der Waals surface area contributed by atoms with Crippen molar-refractivity contribution in [1.82, 2.24) is 0 Å². The summed E-state index contributed by atoms with van der Waals surface area (Å²) in [6.45, 7) is 0.962. The Morgan fingerprint density at radius 3 is 2.12 bits per heavy atom. The molecule has 0 fully saturated rings. The van der Waals surface area contributed by atoms with Gasteiger partial charge in [-0.05, 0) is 13.0 Å². The van der Waals surface area contributed by atoms with Gasteiger partial charge in [-0.25, -0.2) is 4.79 Å². The van der Waals surface area contributed by atoms with Crippen LogP contribution in [0.2, 0.25) is 0 Å². The molecule has 1 aromatic carbocycles. The van der Waals surface area contributed by atoms with Crippen molar-refractivity contribution < 1.29 is 27.8 Å². The van der Waals surface area contributed by atoms with Crippen molar-refractivity contribution in [3.8, 4) is 0 Å². The van der Waals surface area contributed by atoms with Gasteiger partial charge >= 0.3 is 12.1 Å². The highest BCUT2D eigenvalue weighted by Gasteiger charge is 2.42. The quantitative estimate of drug-likeness (QED) is 0.815. The second-order valence-corrected chi connectivity index (χ2v) is 3.61. The van der Waals surface area contributed by atoms with Crippen LogP contribution in [0.5, 0.6) is 0 Å². The van der Waals surface area contributed by atoms with Gasteiger partial charge in [0.2, 0.25) is 0 Å². The molecule has 0 amide bonds. The number of benzene rings is 1. The van der Waals surface area contributed by atoms with Crippen molar-refractivity contribution in [1.29, 1.82) is 0 Å². The van der Waals surface area contributed by atoms with E-state index in [0.29, 0.717) is 0 Å². The van der Waals surface area contributed by atoms with Gasteiger partial charge in [-0.1, -0.05) is 18.2 Å².